The van der Waals surface area contributed by atoms with Crippen molar-refractivity contribution >= 4 is 39.4 Å². The van der Waals surface area contributed by atoms with Crippen molar-refractivity contribution in [1.82, 2.24) is 5.32 Å². The minimum absolute atomic E-state index is 0.0733. The first-order valence-electron chi connectivity index (χ1n) is 10.9. The van der Waals surface area contributed by atoms with E-state index in [1.807, 2.05) is 0 Å². The molecule has 3 aromatic carbocycles. The zero-order valence-corrected chi connectivity index (χ0v) is 19.7. The number of halogens is 3. The molecule has 2 amide bonds. The van der Waals surface area contributed by atoms with Crippen molar-refractivity contribution in [2.45, 2.75) is 18.0 Å². The van der Waals surface area contributed by atoms with Crippen molar-refractivity contribution in [1.29, 1.82) is 0 Å². The Morgan fingerprint density at radius 1 is 1.00 bits per heavy atom. The van der Waals surface area contributed by atoms with Gasteiger partial charge in [-0.2, -0.15) is 0 Å². The molecular formula is C26H19BrF2N2O4. The first kappa shape index (κ1) is 23.3. The van der Waals surface area contributed by atoms with Crippen molar-refractivity contribution in [3.63, 3.8) is 0 Å². The molecule has 4 atom stereocenters. The van der Waals surface area contributed by atoms with E-state index in [0.717, 1.165) is 16.6 Å². The van der Waals surface area contributed by atoms with E-state index < -0.39 is 58.5 Å². The maximum atomic E-state index is 14.7. The molecule has 2 aliphatic rings. The van der Waals surface area contributed by atoms with Gasteiger partial charge in [-0.3, -0.25) is 19.7 Å². The van der Waals surface area contributed by atoms with Gasteiger partial charge in [0, 0.05) is 23.0 Å². The lowest BCUT2D eigenvalue weighted by Crippen LogP contribution is -2.57. The highest BCUT2D eigenvalue weighted by Crippen LogP contribution is 2.51. The smallest absolute Gasteiger partial charge is 0.325 e. The number of rotatable bonds is 5. The summed E-state index contributed by atoms with van der Waals surface area (Å²) in [4.78, 5) is 40.9. The molecule has 0 radical (unpaired) electrons. The lowest BCUT2D eigenvalue weighted by molar-refractivity contribution is -0.148. The summed E-state index contributed by atoms with van der Waals surface area (Å²) < 4.78 is 29.0. The lowest BCUT2D eigenvalue weighted by atomic mass is 9.76. The number of carboxylic acid groups (broad SMARTS) is 1. The molecule has 0 saturated carbocycles. The van der Waals surface area contributed by atoms with Crippen LogP contribution in [0.25, 0.3) is 0 Å². The molecule has 2 aliphatic heterocycles. The van der Waals surface area contributed by atoms with Gasteiger partial charge in [-0.05, 0) is 35.4 Å². The topological polar surface area (TPSA) is 86.7 Å². The molecule has 6 nitrogen and oxygen atoms in total. The average Bonchev–Trinajstić information content (AvgIpc) is 3.30. The summed E-state index contributed by atoms with van der Waals surface area (Å²) >= 11 is 3.36. The third-order valence-electron chi connectivity index (χ3n) is 6.74. The summed E-state index contributed by atoms with van der Waals surface area (Å²) in [7, 11) is 0. The van der Waals surface area contributed by atoms with Crippen LogP contribution in [0.3, 0.4) is 0 Å². The number of fused-ring (bicyclic) bond motifs is 1. The van der Waals surface area contributed by atoms with E-state index in [0.29, 0.717) is 22.1 Å². The number of nitrogens with one attached hydrogen (secondary N) is 1. The number of carboxylic acids is 1. The van der Waals surface area contributed by atoms with Crippen LogP contribution in [0, 0.1) is 23.5 Å². The minimum Gasteiger partial charge on any atom is -0.480 e. The van der Waals surface area contributed by atoms with E-state index in [1.165, 1.54) is 0 Å². The highest BCUT2D eigenvalue weighted by Gasteiger charge is 2.68. The molecule has 2 heterocycles. The van der Waals surface area contributed by atoms with Crippen molar-refractivity contribution in [3.05, 3.63) is 100 Å². The monoisotopic (exact) mass is 540 g/mol. The highest BCUT2D eigenvalue weighted by molar-refractivity contribution is 9.10. The largest absolute Gasteiger partial charge is 0.480 e. The number of benzene rings is 3. The summed E-state index contributed by atoms with van der Waals surface area (Å²) in [6, 6.07) is 17.5. The van der Waals surface area contributed by atoms with Crippen LogP contribution in [0.4, 0.5) is 14.5 Å². The summed E-state index contributed by atoms with van der Waals surface area (Å²) in [5.74, 6) is -7.22. The van der Waals surface area contributed by atoms with Gasteiger partial charge in [0.25, 0.3) is 0 Å². The van der Waals surface area contributed by atoms with Gasteiger partial charge in [-0.1, -0.05) is 58.4 Å². The molecule has 0 spiro atoms. The number of imide groups is 1. The maximum absolute atomic E-state index is 14.7. The third-order valence-corrected chi connectivity index (χ3v) is 7.27. The predicted octanol–water partition coefficient (Wildman–Crippen LogP) is 4.24. The molecule has 0 bridgehead atoms. The fourth-order valence-electron chi connectivity index (χ4n) is 5.21. The number of anilines is 1. The number of nitrogens with zero attached hydrogens (tertiary/aromatic N) is 1. The molecule has 0 aliphatic carbocycles. The molecular weight excluding hydrogens is 522 g/mol. The summed E-state index contributed by atoms with van der Waals surface area (Å²) in [5, 5.41) is 13.6. The standard InChI is InChI=1S/C26H19BrF2N2O4/c27-16-8-6-15(7-9-16)22-20-21(26(30-22,25(34)35)13-14-4-2-1-3-5-14)24(33)31(23(20)32)19-11-10-17(28)12-18(19)29/h1-12,20-22,30H,13H2,(H,34,35)/t20-,21-,22-,26+/m0/s1. The predicted molar refractivity (Wildman–Crippen MR) is 126 cm³/mol. The van der Waals surface area contributed by atoms with E-state index in [-0.39, 0.29) is 6.42 Å². The molecule has 3 aromatic rings. The molecule has 0 aromatic heterocycles. The Morgan fingerprint density at radius 2 is 1.69 bits per heavy atom. The molecule has 0 unspecified atom stereocenters. The second-order valence-corrected chi connectivity index (χ2v) is 9.64. The van der Waals surface area contributed by atoms with E-state index in [2.05, 4.69) is 21.2 Å². The Balaban J connectivity index is 1.67. The second-order valence-electron chi connectivity index (χ2n) is 8.72. The fourth-order valence-corrected chi connectivity index (χ4v) is 5.48. The Morgan fingerprint density at radius 3 is 2.31 bits per heavy atom. The number of amides is 2. The second kappa shape index (κ2) is 8.66. The number of hydrogen-bond acceptors (Lipinski definition) is 4. The first-order chi connectivity index (χ1) is 16.7. The zero-order chi connectivity index (χ0) is 24.9. The number of carbonyl (C=O) groups is 3. The van der Waals surface area contributed by atoms with E-state index >= 15 is 0 Å². The summed E-state index contributed by atoms with van der Waals surface area (Å²) in [6.45, 7) is 0. The van der Waals surface area contributed by atoms with Gasteiger partial charge in [-0.15, -0.1) is 0 Å². The van der Waals surface area contributed by atoms with E-state index in [9.17, 15) is 28.3 Å². The first-order valence-corrected chi connectivity index (χ1v) is 11.7. The van der Waals surface area contributed by atoms with Crippen LogP contribution >= 0.6 is 15.9 Å². The highest BCUT2D eigenvalue weighted by atomic mass is 79.9. The minimum atomic E-state index is -1.83. The van der Waals surface area contributed by atoms with Crippen molar-refractivity contribution in [2.75, 3.05) is 4.90 Å². The maximum Gasteiger partial charge on any atom is 0.325 e. The van der Waals surface area contributed by atoms with Gasteiger partial charge >= 0.3 is 5.97 Å². The zero-order valence-electron chi connectivity index (χ0n) is 18.1. The van der Waals surface area contributed by atoms with Crippen LogP contribution in [0.2, 0.25) is 0 Å². The van der Waals surface area contributed by atoms with Crippen LogP contribution < -0.4 is 10.2 Å². The number of aliphatic carboxylic acids is 1. The van der Waals surface area contributed by atoms with Crippen molar-refractivity contribution in [3.8, 4) is 0 Å². The van der Waals surface area contributed by atoms with Crippen molar-refractivity contribution in [2.24, 2.45) is 11.8 Å². The van der Waals surface area contributed by atoms with E-state index in [4.69, 9.17) is 0 Å². The van der Waals surface area contributed by atoms with Crippen LogP contribution in [0.15, 0.2) is 77.3 Å². The normalized spacial score (nSPS) is 25.7. The van der Waals surface area contributed by atoms with Crippen LogP contribution in [-0.4, -0.2) is 28.4 Å². The van der Waals surface area contributed by atoms with Crippen LogP contribution in [-0.2, 0) is 20.8 Å². The lowest BCUT2D eigenvalue weighted by Gasteiger charge is -2.31. The van der Waals surface area contributed by atoms with Crippen LogP contribution in [0.1, 0.15) is 17.2 Å². The molecule has 5 rings (SSSR count). The quantitative estimate of drug-likeness (QED) is 0.472. The Labute approximate surface area is 207 Å². The average molecular weight is 541 g/mol. The van der Waals surface area contributed by atoms with Gasteiger partial charge in [0.05, 0.1) is 17.5 Å². The molecule has 35 heavy (non-hydrogen) atoms. The van der Waals surface area contributed by atoms with Gasteiger partial charge < -0.3 is 5.11 Å². The third kappa shape index (κ3) is 3.75. The Bertz CT molecular complexity index is 1330. The molecule has 2 fully saturated rings. The van der Waals surface area contributed by atoms with Crippen LogP contribution in [0.5, 0.6) is 0 Å². The van der Waals surface area contributed by atoms with Crippen molar-refractivity contribution < 1.29 is 28.3 Å². The van der Waals surface area contributed by atoms with Gasteiger partial charge in [-0.25, -0.2) is 13.7 Å². The molecule has 2 N–H and O–H groups in total. The Hall–Kier alpha value is -3.43. The SMILES string of the molecule is O=C1[C@H]2[C@@H](C(=O)N1c1ccc(F)cc1F)[C@](Cc1ccccc1)(C(=O)O)N[C@H]2c1ccc(Br)cc1. The summed E-state index contributed by atoms with van der Waals surface area (Å²) in [6.07, 6.45) is -0.0733. The van der Waals surface area contributed by atoms with Gasteiger partial charge in [0.15, 0.2) is 0 Å². The van der Waals surface area contributed by atoms with E-state index in [1.54, 1.807) is 54.6 Å². The number of hydrogen-bond donors (Lipinski definition) is 2. The Kier molecular flexibility index (Phi) is 5.77. The van der Waals surface area contributed by atoms with Gasteiger partial charge in [0.1, 0.15) is 17.2 Å². The molecule has 178 valence electrons. The molecule has 9 heteroatoms. The van der Waals surface area contributed by atoms with Gasteiger partial charge in [0.2, 0.25) is 11.8 Å². The molecule has 2 saturated heterocycles. The fraction of sp³-hybridized carbons (Fsp3) is 0.192. The summed E-state index contributed by atoms with van der Waals surface area (Å²) in [5.41, 5.74) is -0.961. The number of carbonyl (C=O) groups excluding carboxylic acids is 2.